The van der Waals surface area contributed by atoms with Crippen LogP contribution in [0.25, 0.3) is 0 Å². The monoisotopic (exact) mass is 392 g/mol. The number of benzene rings is 1. The van der Waals surface area contributed by atoms with Crippen molar-refractivity contribution in [1.29, 1.82) is 0 Å². The van der Waals surface area contributed by atoms with E-state index in [1.165, 1.54) is 12.8 Å². The second kappa shape index (κ2) is 13.4. The molecule has 0 aliphatic heterocycles. The molecule has 2 rings (SSSR count). The quantitative estimate of drug-likeness (QED) is 0.288. The summed E-state index contributed by atoms with van der Waals surface area (Å²) < 4.78 is 16.1. The number of nitrogens with one attached hydrogen (secondary N) is 2. The fourth-order valence-corrected chi connectivity index (χ4v) is 2.92. The van der Waals surface area contributed by atoms with Gasteiger partial charge in [-0.1, -0.05) is 6.07 Å². The molecule has 1 aromatic rings. The van der Waals surface area contributed by atoms with Gasteiger partial charge in [0.2, 0.25) is 0 Å². The van der Waals surface area contributed by atoms with Crippen LogP contribution >= 0.6 is 0 Å². The van der Waals surface area contributed by atoms with Gasteiger partial charge in [0, 0.05) is 64.7 Å². The number of anilines is 1. The van der Waals surface area contributed by atoms with Crippen molar-refractivity contribution < 1.29 is 14.2 Å². The average Bonchev–Trinajstić information content (AvgIpc) is 3.53. The molecule has 7 heteroatoms. The van der Waals surface area contributed by atoms with Crippen molar-refractivity contribution in [2.75, 3.05) is 65.5 Å². The largest absolute Gasteiger partial charge is 0.493 e. The number of guanidine groups is 1. The minimum absolute atomic E-state index is 0.643. The number of aliphatic imine (C=N–C) groups is 1. The van der Waals surface area contributed by atoms with Crippen LogP contribution in [0.5, 0.6) is 5.75 Å². The van der Waals surface area contributed by atoms with Crippen LogP contribution in [0.3, 0.4) is 0 Å². The van der Waals surface area contributed by atoms with Crippen molar-refractivity contribution in [2.24, 2.45) is 4.99 Å². The zero-order valence-corrected chi connectivity index (χ0v) is 17.6. The third-order valence-electron chi connectivity index (χ3n) is 4.51. The normalized spacial score (nSPS) is 14.4. The smallest absolute Gasteiger partial charge is 0.195 e. The Morgan fingerprint density at radius 3 is 2.68 bits per heavy atom. The van der Waals surface area contributed by atoms with Crippen LogP contribution in [0.4, 0.5) is 5.69 Å². The molecule has 0 spiro atoms. The Labute approximate surface area is 169 Å². The van der Waals surface area contributed by atoms with Gasteiger partial charge in [-0.05, 0) is 31.9 Å². The summed E-state index contributed by atoms with van der Waals surface area (Å²) in [7, 11) is 3.46. The molecule has 7 nitrogen and oxygen atoms in total. The Hall–Kier alpha value is -1.83. The van der Waals surface area contributed by atoms with Gasteiger partial charge >= 0.3 is 0 Å². The summed E-state index contributed by atoms with van der Waals surface area (Å²) in [5.74, 6) is 1.64. The van der Waals surface area contributed by atoms with Gasteiger partial charge < -0.3 is 24.8 Å². The minimum atomic E-state index is 0.643. The lowest BCUT2D eigenvalue weighted by atomic mass is 10.3. The Kier molecular flexibility index (Phi) is 10.7. The Bertz CT molecular complexity index is 579. The van der Waals surface area contributed by atoms with E-state index in [4.69, 9.17) is 19.2 Å². The van der Waals surface area contributed by atoms with E-state index >= 15 is 0 Å². The summed E-state index contributed by atoms with van der Waals surface area (Å²) in [6.45, 7) is 7.69. The first-order valence-corrected chi connectivity index (χ1v) is 10.3. The molecule has 1 fully saturated rings. The SMILES string of the molecule is CCNC(=NCCN(CCOC)C1CC1)Nc1cccc(OCCCOC)c1. The third kappa shape index (κ3) is 8.91. The Morgan fingerprint density at radius 2 is 1.96 bits per heavy atom. The van der Waals surface area contributed by atoms with Gasteiger partial charge in [-0.15, -0.1) is 0 Å². The van der Waals surface area contributed by atoms with Crippen molar-refractivity contribution in [3.05, 3.63) is 24.3 Å². The van der Waals surface area contributed by atoms with Gasteiger partial charge in [-0.25, -0.2) is 0 Å². The van der Waals surface area contributed by atoms with E-state index in [-0.39, 0.29) is 0 Å². The molecule has 1 aromatic carbocycles. The van der Waals surface area contributed by atoms with E-state index in [0.717, 1.165) is 56.6 Å². The van der Waals surface area contributed by atoms with Crippen LogP contribution in [0.2, 0.25) is 0 Å². The molecule has 0 amide bonds. The fourth-order valence-electron chi connectivity index (χ4n) is 2.92. The molecular formula is C21H36N4O3. The highest BCUT2D eigenvalue weighted by Gasteiger charge is 2.28. The van der Waals surface area contributed by atoms with Gasteiger partial charge in [0.05, 0.1) is 19.8 Å². The van der Waals surface area contributed by atoms with Gasteiger partial charge in [-0.3, -0.25) is 9.89 Å². The summed E-state index contributed by atoms with van der Waals surface area (Å²) >= 11 is 0. The maximum absolute atomic E-state index is 5.77. The zero-order chi connectivity index (χ0) is 20.0. The number of nitrogens with zero attached hydrogens (tertiary/aromatic N) is 2. The number of rotatable bonds is 14. The highest BCUT2D eigenvalue weighted by molar-refractivity contribution is 5.93. The molecule has 0 unspecified atom stereocenters. The predicted octanol–water partition coefficient (Wildman–Crippen LogP) is 2.59. The second-order valence-corrected chi connectivity index (χ2v) is 6.87. The topological polar surface area (TPSA) is 67.4 Å². The van der Waals surface area contributed by atoms with Crippen LogP contribution in [-0.2, 0) is 9.47 Å². The van der Waals surface area contributed by atoms with Crippen LogP contribution in [0, 0.1) is 0 Å². The molecule has 0 atom stereocenters. The van der Waals surface area contributed by atoms with E-state index in [0.29, 0.717) is 19.3 Å². The molecule has 1 aliphatic carbocycles. The first kappa shape index (κ1) is 22.5. The molecule has 1 aliphatic rings. The van der Waals surface area contributed by atoms with E-state index in [9.17, 15) is 0 Å². The van der Waals surface area contributed by atoms with Crippen molar-refractivity contribution in [2.45, 2.75) is 32.2 Å². The lowest BCUT2D eigenvalue weighted by molar-refractivity contribution is 0.145. The fraction of sp³-hybridized carbons (Fsp3) is 0.667. The van der Waals surface area contributed by atoms with Gasteiger partial charge in [-0.2, -0.15) is 0 Å². The molecule has 0 heterocycles. The van der Waals surface area contributed by atoms with Crippen LogP contribution in [0.15, 0.2) is 29.3 Å². The van der Waals surface area contributed by atoms with E-state index in [1.807, 2.05) is 24.3 Å². The first-order valence-electron chi connectivity index (χ1n) is 10.3. The summed E-state index contributed by atoms with van der Waals surface area (Å²) in [5.41, 5.74) is 0.961. The lowest BCUT2D eigenvalue weighted by Crippen LogP contribution is -2.34. The van der Waals surface area contributed by atoms with Gasteiger partial charge in [0.1, 0.15) is 5.75 Å². The molecule has 0 saturated heterocycles. The summed E-state index contributed by atoms with van der Waals surface area (Å²) in [6, 6.07) is 8.68. The highest BCUT2D eigenvalue weighted by Crippen LogP contribution is 2.26. The number of hydrogen-bond acceptors (Lipinski definition) is 5. The van der Waals surface area contributed by atoms with Crippen molar-refractivity contribution >= 4 is 11.6 Å². The molecule has 0 radical (unpaired) electrons. The first-order chi connectivity index (χ1) is 13.8. The summed E-state index contributed by atoms with van der Waals surface area (Å²) in [4.78, 5) is 7.21. The Morgan fingerprint density at radius 1 is 1.14 bits per heavy atom. The minimum Gasteiger partial charge on any atom is -0.493 e. The van der Waals surface area contributed by atoms with Gasteiger partial charge in [0.15, 0.2) is 5.96 Å². The number of ether oxygens (including phenoxy) is 3. The molecule has 0 aromatic heterocycles. The predicted molar refractivity (Wildman–Crippen MR) is 115 cm³/mol. The molecular weight excluding hydrogens is 356 g/mol. The molecule has 0 bridgehead atoms. The lowest BCUT2D eigenvalue weighted by Gasteiger charge is -2.20. The maximum atomic E-state index is 5.77. The molecule has 1 saturated carbocycles. The third-order valence-corrected chi connectivity index (χ3v) is 4.51. The summed E-state index contributed by atoms with van der Waals surface area (Å²) in [5, 5.41) is 6.69. The average molecular weight is 393 g/mol. The summed E-state index contributed by atoms with van der Waals surface area (Å²) in [6.07, 6.45) is 3.46. The number of hydrogen-bond donors (Lipinski definition) is 2. The van der Waals surface area contributed by atoms with Gasteiger partial charge in [0.25, 0.3) is 0 Å². The van der Waals surface area contributed by atoms with Crippen LogP contribution in [-0.4, -0.2) is 77.1 Å². The van der Waals surface area contributed by atoms with Crippen molar-refractivity contribution in [1.82, 2.24) is 10.2 Å². The molecule has 2 N–H and O–H groups in total. The van der Waals surface area contributed by atoms with Crippen LogP contribution < -0.4 is 15.4 Å². The Balaban J connectivity index is 1.85. The van der Waals surface area contributed by atoms with Crippen LogP contribution in [0.1, 0.15) is 26.2 Å². The van der Waals surface area contributed by atoms with E-state index in [2.05, 4.69) is 22.5 Å². The van der Waals surface area contributed by atoms with E-state index in [1.54, 1.807) is 14.2 Å². The second-order valence-electron chi connectivity index (χ2n) is 6.87. The van der Waals surface area contributed by atoms with E-state index < -0.39 is 0 Å². The highest BCUT2D eigenvalue weighted by atomic mass is 16.5. The number of methoxy groups -OCH3 is 2. The standard InChI is InChI=1S/C21H36N4O3/c1-4-22-21(23-11-12-25(13-16-27-3)19-9-10-19)24-18-7-5-8-20(17-18)28-15-6-14-26-2/h5,7-8,17,19H,4,6,9-16H2,1-3H3,(H2,22,23,24). The molecule has 158 valence electrons. The molecule has 28 heavy (non-hydrogen) atoms. The maximum Gasteiger partial charge on any atom is 0.195 e. The van der Waals surface area contributed by atoms with Crippen molar-refractivity contribution in [3.8, 4) is 5.75 Å². The van der Waals surface area contributed by atoms with Crippen molar-refractivity contribution in [3.63, 3.8) is 0 Å². The zero-order valence-electron chi connectivity index (χ0n) is 17.6.